The summed E-state index contributed by atoms with van der Waals surface area (Å²) in [6.45, 7) is -0.351. The predicted molar refractivity (Wildman–Crippen MR) is 97.2 cm³/mol. The number of nitrogens with zero attached hydrogens (tertiary/aromatic N) is 2. The Morgan fingerprint density at radius 2 is 1.62 bits per heavy atom. The molecule has 8 heteroatoms. The van der Waals surface area contributed by atoms with Gasteiger partial charge in [-0.1, -0.05) is 19.3 Å². The molecule has 1 saturated carbocycles. The fourth-order valence-corrected chi connectivity index (χ4v) is 4.33. The summed E-state index contributed by atoms with van der Waals surface area (Å²) in [6, 6.07) is 5.64. The monoisotopic (exact) mass is 382 g/mol. The minimum atomic E-state index is -3.60. The number of hydrogen-bond donors (Lipinski definition) is 0. The van der Waals surface area contributed by atoms with E-state index in [4.69, 9.17) is 4.74 Å². The van der Waals surface area contributed by atoms with Crippen LogP contribution in [-0.2, 0) is 19.6 Å². The topological polar surface area (TPSA) is 84.0 Å². The molecule has 0 N–H and O–H groups in total. The van der Waals surface area contributed by atoms with E-state index in [-0.39, 0.29) is 29.0 Å². The Morgan fingerprint density at radius 1 is 1.04 bits per heavy atom. The van der Waals surface area contributed by atoms with Crippen LogP contribution in [-0.4, -0.2) is 63.3 Å². The first-order valence-electron chi connectivity index (χ1n) is 8.69. The van der Waals surface area contributed by atoms with E-state index >= 15 is 0 Å². The maximum absolute atomic E-state index is 12.8. The zero-order valence-electron chi connectivity index (χ0n) is 15.5. The number of ether oxygens (including phenoxy) is 1. The molecule has 26 heavy (non-hydrogen) atoms. The van der Waals surface area contributed by atoms with E-state index in [1.165, 1.54) is 33.5 Å². The third-order valence-electron chi connectivity index (χ3n) is 4.68. The number of likely N-dealkylation sites (N-methyl/N-ethyl adjacent to an activating group) is 1. The Bertz CT molecular complexity index is 737. The van der Waals surface area contributed by atoms with Gasteiger partial charge in [0.25, 0.3) is 5.91 Å². The van der Waals surface area contributed by atoms with Crippen LogP contribution >= 0.6 is 0 Å². The summed E-state index contributed by atoms with van der Waals surface area (Å²) >= 11 is 0. The first-order chi connectivity index (χ1) is 12.2. The average Bonchev–Trinajstić information content (AvgIpc) is 2.65. The molecule has 1 aliphatic rings. The van der Waals surface area contributed by atoms with Crippen LogP contribution in [0.2, 0.25) is 0 Å². The Hall–Kier alpha value is -1.93. The highest BCUT2D eigenvalue weighted by molar-refractivity contribution is 7.89. The Kier molecular flexibility index (Phi) is 6.77. The van der Waals surface area contributed by atoms with Crippen LogP contribution in [0.5, 0.6) is 0 Å². The highest BCUT2D eigenvalue weighted by Crippen LogP contribution is 2.26. The molecule has 1 fully saturated rings. The molecular formula is C18H26N2O5S. The van der Waals surface area contributed by atoms with Crippen molar-refractivity contribution in [1.29, 1.82) is 0 Å². The molecule has 0 bridgehead atoms. The summed E-state index contributed by atoms with van der Waals surface area (Å²) in [7, 11) is 1.15. The number of carbonyl (C=O) groups excluding carboxylic acids is 2. The maximum Gasteiger partial charge on any atom is 0.338 e. The van der Waals surface area contributed by atoms with Gasteiger partial charge in [0.05, 0.1) is 10.5 Å². The summed E-state index contributed by atoms with van der Waals surface area (Å²) in [4.78, 5) is 24.9. The van der Waals surface area contributed by atoms with E-state index in [0.29, 0.717) is 0 Å². The molecule has 0 radical (unpaired) electrons. The summed E-state index contributed by atoms with van der Waals surface area (Å²) < 4.78 is 31.9. The van der Waals surface area contributed by atoms with Crippen LogP contribution in [0.1, 0.15) is 42.5 Å². The minimum Gasteiger partial charge on any atom is -0.452 e. The third kappa shape index (κ3) is 4.82. The summed E-state index contributed by atoms with van der Waals surface area (Å²) in [5.74, 6) is -0.989. The van der Waals surface area contributed by atoms with Crippen molar-refractivity contribution in [2.24, 2.45) is 0 Å². The number of rotatable bonds is 6. The molecule has 1 amide bonds. The van der Waals surface area contributed by atoms with Gasteiger partial charge in [-0.2, -0.15) is 4.31 Å². The highest BCUT2D eigenvalue weighted by Gasteiger charge is 2.29. The number of carbonyl (C=O) groups is 2. The standard InChI is InChI=1S/C18H26N2O5S/c1-19(2)17(21)13-25-18(22)14-9-11-16(12-10-14)26(23,24)20(3)15-7-5-4-6-8-15/h9-12,15H,4-8,13H2,1-3H3. The number of esters is 1. The van der Waals surface area contributed by atoms with Crippen LogP contribution in [0.4, 0.5) is 0 Å². The number of hydrogen-bond acceptors (Lipinski definition) is 5. The second-order valence-corrected chi connectivity index (χ2v) is 8.70. The second-order valence-electron chi connectivity index (χ2n) is 6.70. The molecular weight excluding hydrogens is 356 g/mol. The first-order valence-corrected chi connectivity index (χ1v) is 10.1. The molecule has 1 aliphatic carbocycles. The lowest BCUT2D eigenvalue weighted by atomic mass is 9.96. The molecule has 0 unspecified atom stereocenters. The van der Waals surface area contributed by atoms with E-state index in [1.807, 2.05) is 0 Å². The summed E-state index contributed by atoms with van der Waals surface area (Å²) in [5, 5.41) is 0. The lowest BCUT2D eigenvalue weighted by molar-refractivity contribution is -0.131. The molecule has 2 rings (SSSR count). The lowest BCUT2D eigenvalue weighted by Crippen LogP contribution is -2.38. The van der Waals surface area contributed by atoms with Crippen LogP contribution in [0.15, 0.2) is 29.2 Å². The van der Waals surface area contributed by atoms with Gasteiger partial charge in [-0.05, 0) is 37.1 Å². The van der Waals surface area contributed by atoms with Crippen molar-refractivity contribution in [2.45, 2.75) is 43.0 Å². The van der Waals surface area contributed by atoms with Crippen LogP contribution in [0.3, 0.4) is 0 Å². The van der Waals surface area contributed by atoms with Gasteiger partial charge in [0, 0.05) is 27.2 Å². The molecule has 0 aliphatic heterocycles. The first kappa shape index (κ1) is 20.4. The number of amides is 1. The quantitative estimate of drug-likeness (QED) is 0.702. The molecule has 144 valence electrons. The van der Waals surface area contributed by atoms with Crippen molar-refractivity contribution in [3.8, 4) is 0 Å². The zero-order valence-corrected chi connectivity index (χ0v) is 16.3. The fraction of sp³-hybridized carbons (Fsp3) is 0.556. The van der Waals surface area contributed by atoms with Crippen molar-refractivity contribution in [2.75, 3.05) is 27.7 Å². The smallest absolute Gasteiger partial charge is 0.338 e. The number of benzene rings is 1. The zero-order chi connectivity index (χ0) is 19.3. The minimum absolute atomic E-state index is 0.0236. The second kappa shape index (κ2) is 8.64. The molecule has 0 atom stereocenters. The van der Waals surface area contributed by atoms with Crippen molar-refractivity contribution >= 4 is 21.9 Å². The highest BCUT2D eigenvalue weighted by atomic mass is 32.2. The maximum atomic E-state index is 12.8. The van der Waals surface area contributed by atoms with Gasteiger partial charge < -0.3 is 9.64 Å². The molecule has 1 aromatic carbocycles. The molecule has 0 saturated heterocycles. The Balaban J connectivity index is 2.05. The largest absolute Gasteiger partial charge is 0.452 e. The molecule has 7 nitrogen and oxygen atoms in total. The van der Waals surface area contributed by atoms with E-state index in [9.17, 15) is 18.0 Å². The molecule has 0 heterocycles. The summed E-state index contributed by atoms with van der Waals surface area (Å²) in [5.41, 5.74) is 0.204. The van der Waals surface area contributed by atoms with Gasteiger partial charge >= 0.3 is 5.97 Å². The predicted octanol–water partition coefficient (Wildman–Crippen LogP) is 1.88. The van der Waals surface area contributed by atoms with Crippen LogP contribution < -0.4 is 0 Å². The van der Waals surface area contributed by atoms with Crippen molar-refractivity contribution < 1.29 is 22.7 Å². The van der Waals surface area contributed by atoms with Gasteiger partial charge in [-0.3, -0.25) is 4.79 Å². The molecule has 0 aromatic heterocycles. The molecule has 1 aromatic rings. The normalized spacial score (nSPS) is 15.7. The number of sulfonamides is 1. The Labute approximate surface area is 155 Å². The van der Waals surface area contributed by atoms with Gasteiger partial charge in [-0.15, -0.1) is 0 Å². The van der Waals surface area contributed by atoms with Crippen molar-refractivity contribution in [3.05, 3.63) is 29.8 Å². The van der Waals surface area contributed by atoms with Gasteiger partial charge in [0.15, 0.2) is 6.61 Å². The van der Waals surface area contributed by atoms with Crippen molar-refractivity contribution in [1.82, 2.24) is 9.21 Å². The molecule has 0 spiro atoms. The van der Waals surface area contributed by atoms with E-state index in [0.717, 1.165) is 32.1 Å². The SMILES string of the molecule is CN(C)C(=O)COC(=O)c1ccc(S(=O)(=O)N(C)C2CCCCC2)cc1. The van der Waals surface area contributed by atoms with E-state index < -0.39 is 16.0 Å². The lowest BCUT2D eigenvalue weighted by Gasteiger charge is -2.30. The van der Waals surface area contributed by atoms with E-state index in [2.05, 4.69) is 0 Å². The fourth-order valence-electron chi connectivity index (χ4n) is 2.91. The van der Waals surface area contributed by atoms with Crippen LogP contribution in [0.25, 0.3) is 0 Å². The summed E-state index contributed by atoms with van der Waals surface area (Å²) in [6.07, 6.45) is 4.99. The average molecular weight is 382 g/mol. The van der Waals surface area contributed by atoms with Gasteiger partial charge in [-0.25, -0.2) is 13.2 Å². The third-order valence-corrected chi connectivity index (χ3v) is 6.61. The van der Waals surface area contributed by atoms with Crippen LogP contribution in [0, 0.1) is 0 Å². The van der Waals surface area contributed by atoms with Gasteiger partial charge in [0.2, 0.25) is 10.0 Å². The van der Waals surface area contributed by atoms with E-state index in [1.54, 1.807) is 21.1 Å². The Morgan fingerprint density at radius 3 is 2.15 bits per heavy atom. The van der Waals surface area contributed by atoms with Gasteiger partial charge in [0.1, 0.15) is 0 Å². The van der Waals surface area contributed by atoms with Crippen molar-refractivity contribution in [3.63, 3.8) is 0 Å².